The summed E-state index contributed by atoms with van der Waals surface area (Å²) in [6.45, 7) is 0.0788. The van der Waals surface area contributed by atoms with E-state index >= 15 is 0 Å². The summed E-state index contributed by atoms with van der Waals surface area (Å²) >= 11 is 0. The van der Waals surface area contributed by atoms with Gasteiger partial charge in [0.05, 0.1) is 18.3 Å². The van der Waals surface area contributed by atoms with E-state index in [0.29, 0.717) is 4.68 Å². The molecule has 2 atom stereocenters. The number of aromatic nitrogens is 2. The van der Waals surface area contributed by atoms with Gasteiger partial charge >= 0.3 is 12.2 Å². The first-order valence-electron chi connectivity index (χ1n) is 7.63. The molecule has 3 amide bonds. The number of carbonyl (C=O) groups excluding carboxylic acids is 2. The number of rotatable bonds is 4. The average molecular weight is 363 g/mol. The highest BCUT2D eigenvalue weighted by Crippen LogP contribution is 2.29. The van der Waals surface area contributed by atoms with E-state index in [0.717, 1.165) is 6.07 Å². The third-order valence-corrected chi connectivity index (χ3v) is 4.06. The maximum atomic E-state index is 12.7. The molecule has 0 aliphatic carbocycles. The van der Waals surface area contributed by atoms with Crippen LogP contribution in [0.15, 0.2) is 6.07 Å². The van der Waals surface area contributed by atoms with Gasteiger partial charge in [-0.15, -0.1) is 0 Å². The lowest BCUT2D eigenvalue weighted by atomic mass is 10.0. The average Bonchev–Trinajstić information content (AvgIpc) is 3.08. The molecule has 2 heterocycles. The summed E-state index contributed by atoms with van der Waals surface area (Å²) in [5, 5.41) is 18.6. The number of urea groups is 1. The number of aliphatic hydroxyl groups excluding tert-OH is 1. The SMILES string of the molecule is CNC(=O)C[C@@H]1CN(C(=O)NCc2cc(C(F)(F)F)n(C)n2)C[C@H]1O. The fourth-order valence-electron chi connectivity index (χ4n) is 2.72. The number of β-amino-alcohol motifs (C(OH)–C–C–N with tert-alkyl or cyclic N) is 1. The smallest absolute Gasteiger partial charge is 0.391 e. The van der Waals surface area contributed by atoms with Crippen LogP contribution in [0, 0.1) is 5.92 Å². The molecule has 0 bridgehead atoms. The van der Waals surface area contributed by atoms with Gasteiger partial charge in [0, 0.05) is 39.5 Å². The van der Waals surface area contributed by atoms with Crippen LogP contribution in [0.4, 0.5) is 18.0 Å². The summed E-state index contributed by atoms with van der Waals surface area (Å²) in [4.78, 5) is 24.8. The van der Waals surface area contributed by atoms with Crippen molar-refractivity contribution in [1.82, 2.24) is 25.3 Å². The summed E-state index contributed by atoms with van der Waals surface area (Å²) in [5.41, 5.74) is -0.830. The Morgan fingerprint density at radius 1 is 1.40 bits per heavy atom. The fourth-order valence-corrected chi connectivity index (χ4v) is 2.72. The second-order valence-electron chi connectivity index (χ2n) is 5.91. The molecule has 1 aromatic rings. The van der Waals surface area contributed by atoms with Gasteiger partial charge in [-0.2, -0.15) is 18.3 Å². The number of aliphatic hydroxyl groups is 1. The van der Waals surface area contributed by atoms with Crippen LogP contribution in [0.2, 0.25) is 0 Å². The quantitative estimate of drug-likeness (QED) is 0.705. The predicted octanol–water partition coefficient (Wildman–Crippen LogP) is 0.0773. The summed E-state index contributed by atoms with van der Waals surface area (Å²) in [7, 11) is 2.66. The van der Waals surface area contributed by atoms with Gasteiger partial charge in [0.2, 0.25) is 5.91 Å². The highest BCUT2D eigenvalue weighted by molar-refractivity contribution is 5.77. The Morgan fingerprint density at radius 3 is 2.64 bits per heavy atom. The van der Waals surface area contributed by atoms with Gasteiger partial charge in [0.15, 0.2) is 0 Å². The number of carbonyl (C=O) groups is 2. The Balaban J connectivity index is 1.90. The molecule has 3 N–H and O–H groups in total. The number of likely N-dealkylation sites (tertiary alicyclic amines) is 1. The van der Waals surface area contributed by atoms with Crippen molar-refractivity contribution in [3.63, 3.8) is 0 Å². The normalized spacial score (nSPS) is 20.6. The van der Waals surface area contributed by atoms with E-state index in [9.17, 15) is 27.9 Å². The molecule has 1 saturated heterocycles. The fraction of sp³-hybridized carbons (Fsp3) is 0.643. The molecular formula is C14H20F3N5O3. The number of amides is 3. The zero-order chi connectivity index (χ0) is 18.8. The molecule has 0 saturated carbocycles. The van der Waals surface area contributed by atoms with Gasteiger partial charge in [-0.1, -0.05) is 0 Å². The molecule has 8 nitrogen and oxygen atoms in total. The standard InChI is InChI=1S/C14H20F3N5O3/c1-18-12(24)3-8-6-22(7-10(8)23)13(25)19-5-9-4-11(14(15,16)17)21(2)20-9/h4,8,10,23H,3,5-7H2,1-2H3,(H,18,24)(H,19,25)/t8-,10-/m1/s1. The molecule has 1 aromatic heterocycles. The topological polar surface area (TPSA) is 99.5 Å². The van der Waals surface area contributed by atoms with Crippen LogP contribution in [0.25, 0.3) is 0 Å². The molecule has 11 heteroatoms. The van der Waals surface area contributed by atoms with Gasteiger partial charge in [0.25, 0.3) is 0 Å². The lowest BCUT2D eigenvalue weighted by Gasteiger charge is -2.16. The number of alkyl halides is 3. The van der Waals surface area contributed by atoms with E-state index in [2.05, 4.69) is 15.7 Å². The maximum absolute atomic E-state index is 12.7. The summed E-state index contributed by atoms with van der Waals surface area (Å²) in [6, 6.07) is 0.339. The first kappa shape index (κ1) is 19.0. The first-order chi connectivity index (χ1) is 11.6. The number of hydrogen-bond acceptors (Lipinski definition) is 4. The minimum atomic E-state index is -4.52. The van der Waals surface area contributed by atoms with Crippen LogP contribution in [0.1, 0.15) is 17.8 Å². The molecule has 1 aliphatic heterocycles. The van der Waals surface area contributed by atoms with Crippen LogP contribution in [-0.2, 0) is 24.6 Å². The largest absolute Gasteiger partial charge is 0.433 e. The Hall–Kier alpha value is -2.30. The maximum Gasteiger partial charge on any atom is 0.433 e. The Kier molecular flexibility index (Phi) is 5.55. The number of nitrogens with one attached hydrogen (secondary N) is 2. The van der Waals surface area contributed by atoms with Crippen molar-refractivity contribution in [3.8, 4) is 0 Å². The zero-order valence-corrected chi connectivity index (χ0v) is 13.8. The number of hydrogen-bond donors (Lipinski definition) is 3. The molecule has 140 valence electrons. The van der Waals surface area contributed by atoms with Crippen LogP contribution in [-0.4, -0.2) is 58.0 Å². The molecule has 0 unspecified atom stereocenters. The van der Waals surface area contributed by atoms with E-state index < -0.39 is 24.0 Å². The highest BCUT2D eigenvalue weighted by Gasteiger charge is 2.36. The van der Waals surface area contributed by atoms with Gasteiger partial charge < -0.3 is 20.6 Å². The van der Waals surface area contributed by atoms with Gasteiger partial charge in [0.1, 0.15) is 5.69 Å². The van der Waals surface area contributed by atoms with Crippen molar-refractivity contribution in [2.45, 2.75) is 25.2 Å². The monoisotopic (exact) mass is 363 g/mol. The van der Waals surface area contributed by atoms with E-state index in [1.165, 1.54) is 19.0 Å². The first-order valence-corrected chi connectivity index (χ1v) is 7.63. The molecule has 1 aliphatic rings. The number of aryl methyl sites for hydroxylation is 1. The lowest BCUT2D eigenvalue weighted by molar-refractivity contribution is -0.143. The van der Waals surface area contributed by atoms with Gasteiger partial charge in [-0.3, -0.25) is 9.48 Å². The number of nitrogens with zero attached hydrogens (tertiary/aromatic N) is 3. The number of halogens is 3. The third-order valence-electron chi connectivity index (χ3n) is 4.06. The molecule has 0 spiro atoms. The molecule has 25 heavy (non-hydrogen) atoms. The second-order valence-corrected chi connectivity index (χ2v) is 5.91. The van der Waals surface area contributed by atoms with E-state index in [1.54, 1.807) is 0 Å². The van der Waals surface area contributed by atoms with Crippen molar-refractivity contribution in [1.29, 1.82) is 0 Å². The van der Waals surface area contributed by atoms with E-state index in [1.807, 2.05) is 0 Å². The van der Waals surface area contributed by atoms with Crippen LogP contribution in [0.5, 0.6) is 0 Å². The minimum absolute atomic E-state index is 0.0590. The Bertz CT molecular complexity index is 646. The van der Waals surface area contributed by atoms with Crippen molar-refractivity contribution in [2.24, 2.45) is 13.0 Å². The molecule has 0 aromatic carbocycles. The predicted molar refractivity (Wildman–Crippen MR) is 80.2 cm³/mol. The zero-order valence-electron chi connectivity index (χ0n) is 13.8. The van der Waals surface area contributed by atoms with Crippen molar-refractivity contribution >= 4 is 11.9 Å². The molecular weight excluding hydrogens is 343 g/mol. The van der Waals surface area contributed by atoms with E-state index in [-0.39, 0.29) is 43.6 Å². The van der Waals surface area contributed by atoms with Gasteiger partial charge in [-0.25, -0.2) is 4.79 Å². The third kappa shape index (κ3) is 4.62. The Labute approximate surface area is 142 Å². The van der Waals surface area contributed by atoms with Crippen molar-refractivity contribution in [3.05, 3.63) is 17.5 Å². The molecule has 1 fully saturated rings. The van der Waals surface area contributed by atoms with Crippen LogP contribution >= 0.6 is 0 Å². The van der Waals surface area contributed by atoms with Gasteiger partial charge in [-0.05, 0) is 6.07 Å². The molecule has 2 rings (SSSR count). The highest BCUT2D eigenvalue weighted by atomic mass is 19.4. The summed E-state index contributed by atoms with van der Waals surface area (Å²) < 4.78 is 38.8. The molecule has 0 radical (unpaired) electrons. The van der Waals surface area contributed by atoms with Crippen LogP contribution < -0.4 is 10.6 Å². The lowest BCUT2D eigenvalue weighted by Crippen LogP contribution is -2.38. The Morgan fingerprint density at radius 2 is 2.08 bits per heavy atom. The van der Waals surface area contributed by atoms with E-state index in [4.69, 9.17) is 0 Å². The van der Waals surface area contributed by atoms with Crippen molar-refractivity contribution in [2.75, 3.05) is 20.1 Å². The van der Waals surface area contributed by atoms with Crippen molar-refractivity contribution < 1.29 is 27.9 Å². The summed E-state index contributed by atoms with van der Waals surface area (Å²) in [5.74, 6) is -0.614. The second kappa shape index (κ2) is 7.30. The summed E-state index contributed by atoms with van der Waals surface area (Å²) in [6.07, 6.45) is -5.25. The van der Waals surface area contributed by atoms with Crippen LogP contribution in [0.3, 0.4) is 0 Å². The minimum Gasteiger partial charge on any atom is -0.391 e.